The van der Waals surface area contributed by atoms with Gasteiger partial charge in [-0.25, -0.2) is 8.78 Å². The van der Waals surface area contributed by atoms with Gasteiger partial charge < -0.3 is 10.6 Å². The maximum Gasteiger partial charge on any atom is 0.251 e. The second-order valence-corrected chi connectivity index (χ2v) is 5.33. The molecule has 24 heavy (non-hydrogen) atoms. The number of halogens is 2. The topological polar surface area (TPSA) is 58.2 Å². The number of hydrogen-bond donors (Lipinski definition) is 2. The molecule has 0 aromatic heterocycles. The van der Waals surface area contributed by atoms with Gasteiger partial charge in [0.25, 0.3) is 5.91 Å². The van der Waals surface area contributed by atoms with Crippen molar-refractivity contribution in [3.8, 4) is 0 Å². The molecule has 1 unspecified atom stereocenters. The van der Waals surface area contributed by atoms with Crippen molar-refractivity contribution in [2.24, 2.45) is 0 Å². The fraction of sp³-hybridized carbons (Fsp3) is 0.222. The van der Waals surface area contributed by atoms with Gasteiger partial charge in [-0.3, -0.25) is 9.59 Å². The highest BCUT2D eigenvalue weighted by atomic mass is 19.2. The predicted molar refractivity (Wildman–Crippen MR) is 86.3 cm³/mol. The lowest BCUT2D eigenvalue weighted by molar-refractivity contribution is -0.121. The lowest BCUT2D eigenvalue weighted by Gasteiger charge is -2.15. The second kappa shape index (κ2) is 8.19. The van der Waals surface area contributed by atoms with E-state index in [-0.39, 0.29) is 24.8 Å². The van der Waals surface area contributed by atoms with E-state index < -0.39 is 17.7 Å². The Morgan fingerprint density at radius 2 is 1.75 bits per heavy atom. The molecule has 0 aliphatic heterocycles. The van der Waals surface area contributed by atoms with Gasteiger partial charge in [-0.05, 0) is 36.8 Å². The Labute approximate surface area is 138 Å². The predicted octanol–water partition coefficient (Wildman–Crippen LogP) is 2.96. The number of carbonyl (C=O) groups is 2. The van der Waals surface area contributed by atoms with Crippen molar-refractivity contribution in [3.63, 3.8) is 0 Å². The van der Waals surface area contributed by atoms with Gasteiger partial charge in [0.15, 0.2) is 11.6 Å². The van der Waals surface area contributed by atoms with E-state index in [1.54, 1.807) is 31.2 Å². The Bertz CT molecular complexity index is 720. The summed E-state index contributed by atoms with van der Waals surface area (Å²) in [6, 6.07) is 11.7. The summed E-state index contributed by atoms with van der Waals surface area (Å²) in [5.41, 5.74) is 0.989. The minimum atomic E-state index is -0.955. The molecule has 0 heterocycles. The lowest BCUT2D eigenvalue weighted by atomic mass is 10.1. The summed E-state index contributed by atoms with van der Waals surface area (Å²) in [7, 11) is 0. The van der Waals surface area contributed by atoms with Crippen LogP contribution in [-0.4, -0.2) is 18.4 Å². The van der Waals surface area contributed by atoms with Crippen molar-refractivity contribution < 1.29 is 18.4 Å². The van der Waals surface area contributed by atoms with E-state index in [1.165, 1.54) is 6.07 Å². The van der Waals surface area contributed by atoms with Gasteiger partial charge >= 0.3 is 0 Å². The zero-order valence-electron chi connectivity index (χ0n) is 13.2. The van der Waals surface area contributed by atoms with Crippen LogP contribution in [0.5, 0.6) is 0 Å². The van der Waals surface area contributed by atoms with Crippen LogP contribution in [0.1, 0.15) is 35.3 Å². The Hall–Kier alpha value is -2.76. The van der Waals surface area contributed by atoms with E-state index in [0.717, 1.165) is 12.1 Å². The van der Waals surface area contributed by atoms with Crippen molar-refractivity contribution in [3.05, 3.63) is 71.3 Å². The summed E-state index contributed by atoms with van der Waals surface area (Å²) in [6.07, 6.45) is 0.0899. The first-order valence-corrected chi connectivity index (χ1v) is 7.55. The van der Waals surface area contributed by atoms with Crippen LogP contribution in [0.2, 0.25) is 0 Å². The van der Waals surface area contributed by atoms with Gasteiger partial charge in [0.05, 0.1) is 6.04 Å². The maximum absolute atomic E-state index is 13.2. The van der Waals surface area contributed by atoms with Crippen LogP contribution in [0.25, 0.3) is 0 Å². The van der Waals surface area contributed by atoms with Gasteiger partial charge in [0, 0.05) is 18.5 Å². The van der Waals surface area contributed by atoms with Gasteiger partial charge in [0.1, 0.15) is 0 Å². The molecule has 126 valence electrons. The molecule has 0 saturated heterocycles. The Morgan fingerprint density at radius 3 is 2.42 bits per heavy atom. The highest BCUT2D eigenvalue weighted by Gasteiger charge is 2.12. The molecule has 4 nitrogen and oxygen atoms in total. The van der Waals surface area contributed by atoms with Crippen LogP contribution >= 0.6 is 0 Å². The molecule has 2 rings (SSSR count). The molecule has 0 aliphatic rings. The van der Waals surface area contributed by atoms with Crippen molar-refractivity contribution in [2.45, 2.75) is 19.4 Å². The van der Waals surface area contributed by atoms with Crippen molar-refractivity contribution in [1.82, 2.24) is 10.6 Å². The first kappa shape index (κ1) is 17.6. The fourth-order valence-corrected chi connectivity index (χ4v) is 2.16. The number of benzene rings is 2. The molecular weight excluding hydrogens is 314 g/mol. The quantitative estimate of drug-likeness (QED) is 0.854. The molecule has 0 spiro atoms. The number of rotatable bonds is 6. The zero-order chi connectivity index (χ0) is 17.5. The third-order valence-electron chi connectivity index (χ3n) is 3.49. The molecule has 2 aromatic carbocycles. The molecule has 0 saturated carbocycles. The first-order valence-electron chi connectivity index (χ1n) is 7.55. The molecule has 2 N–H and O–H groups in total. The van der Waals surface area contributed by atoms with Crippen LogP contribution in [0.4, 0.5) is 8.78 Å². The summed E-state index contributed by atoms with van der Waals surface area (Å²) in [5, 5.41) is 5.33. The SMILES string of the molecule is CC(NC(=O)CCNC(=O)c1ccccc1)c1ccc(F)c(F)c1. The van der Waals surface area contributed by atoms with Crippen LogP contribution < -0.4 is 10.6 Å². The first-order chi connectivity index (χ1) is 11.5. The number of nitrogens with one attached hydrogen (secondary N) is 2. The molecule has 0 radical (unpaired) electrons. The lowest BCUT2D eigenvalue weighted by Crippen LogP contribution is -2.32. The van der Waals surface area contributed by atoms with Crippen LogP contribution in [0.3, 0.4) is 0 Å². The Kier molecular flexibility index (Phi) is 6.01. The molecule has 6 heteroatoms. The summed E-state index contributed by atoms with van der Waals surface area (Å²) in [4.78, 5) is 23.7. The third kappa shape index (κ3) is 4.87. The molecule has 0 aliphatic carbocycles. The summed E-state index contributed by atoms with van der Waals surface area (Å²) >= 11 is 0. The average Bonchev–Trinajstić information content (AvgIpc) is 2.58. The van der Waals surface area contributed by atoms with Crippen molar-refractivity contribution >= 4 is 11.8 Å². The van der Waals surface area contributed by atoms with E-state index in [4.69, 9.17) is 0 Å². The number of carbonyl (C=O) groups excluding carboxylic acids is 2. The normalized spacial score (nSPS) is 11.6. The maximum atomic E-state index is 13.2. The smallest absolute Gasteiger partial charge is 0.251 e. The van der Waals surface area contributed by atoms with Gasteiger partial charge in [-0.1, -0.05) is 24.3 Å². The van der Waals surface area contributed by atoms with E-state index in [1.807, 2.05) is 6.07 Å². The molecular formula is C18H18F2N2O2. The van der Waals surface area contributed by atoms with Crippen molar-refractivity contribution in [2.75, 3.05) is 6.54 Å². The summed E-state index contributed by atoms with van der Waals surface area (Å²) < 4.78 is 26.1. The zero-order valence-corrected chi connectivity index (χ0v) is 13.2. The van der Waals surface area contributed by atoms with Gasteiger partial charge in [-0.2, -0.15) is 0 Å². The molecule has 2 amide bonds. The van der Waals surface area contributed by atoms with E-state index in [9.17, 15) is 18.4 Å². The molecule has 2 aromatic rings. The molecule has 1 atom stereocenters. The number of amides is 2. The average molecular weight is 332 g/mol. The van der Waals surface area contributed by atoms with Crippen LogP contribution in [0.15, 0.2) is 48.5 Å². The number of hydrogen-bond acceptors (Lipinski definition) is 2. The van der Waals surface area contributed by atoms with Crippen LogP contribution in [0, 0.1) is 11.6 Å². The van der Waals surface area contributed by atoms with E-state index >= 15 is 0 Å². The van der Waals surface area contributed by atoms with Crippen molar-refractivity contribution in [1.29, 1.82) is 0 Å². The largest absolute Gasteiger partial charge is 0.352 e. The highest BCUT2D eigenvalue weighted by Crippen LogP contribution is 2.15. The minimum absolute atomic E-state index is 0.0899. The van der Waals surface area contributed by atoms with Crippen LogP contribution in [-0.2, 0) is 4.79 Å². The van der Waals surface area contributed by atoms with E-state index in [0.29, 0.717) is 11.1 Å². The summed E-state index contributed by atoms with van der Waals surface area (Å²) in [5.74, 6) is -2.43. The minimum Gasteiger partial charge on any atom is -0.352 e. The fourth-order valence-electron chi connectivity index (χ4n) is 2.16. The monoisotopic (exact) mass is 332 g/mol. The Morgan fingerprint density at radius 1 is 1.04 bits per heavy atom. The molecule has 0 bridgehead atoms. The van der Waals surface area contributed by atoms with Gasteiger partial charge in [-0.15, -0.1) is 0 Å². The third-order valence-corrected chi connectivity index (χ3v) is 3.49. The Balaban J connectivity index is 1.78. The van der Waals surface area contributed by atoms with Gasteiger partial charge in [0.2, 0.25) is 5.91 Å². The van der Waals surface area contributed by atoms with E-state index in [2.05, 4.69) is 10.6 Å². The molecule has 0 fully saturated rings. The summed E-state index contributed by atoms with van der Waals surface area (Å²) in [6.45, 7) is 1.86. The standard InChI is InChI=1S/C18H18F2N2O2/c1-12(14-7-8-15(19)16(20)11-14)22-17(23)9-10-21-18(24)13-5-3-2-4-6-13/h2-8,11-12H,9-10H2,1H3,(H,21,24)(H,22,23). The highest BCUT2D eigenvalue weighted by molar-refractivity contribution is 5.94. The second-order valence-electron chi connectivity index (χ2n) is 5.33.